The molecular formula is C13H18N4O3. The summed E-state index contributed by atoms with van der Waals surface area (Å²) in [5, 5.41) is 22.4. The van der Waals surface area contributed by atoms with Gasteiger partial charge in [-0.15, -0.1) is 10.2 Å². The van der Waals surface area contributed by atoms with Crippen molar-refractivity contribution in [2.24, 2.45) is 5.92 Å². The van der Waals surface area contributed by atoms with Crippen LogP contribution in [0.4, 0.5) is 5.82 Å². The molecule has 0 radical (unpaired) electrons. The molecule has 108 valence electrons. The third-order valence-electron chi connectivity index (χ3n) is 3.15. The Morgan fingerprint density at radius 3 is 2.65 bits per heavy atom. The zero-order chi connectivity index (χ0) is 14.5. The molecule has 20 heavy (non-hydrogen) atoms. The van der Waals surface area contributed by atoms with E-state index in [-0.39, 0.29) is 24.1 Å². The van der Waals surface area contributed by atoms with Gasteiger partial charge in [-0.05, 0) is 37.8 Å². The first-order chi connectivity index (χ1) is 9.60. The van der Waals surface area contributed by atoms with E-state index in [0.29, 0.717) is 18.3 Å². The fraction of sp³-hybridized carbons (Fsp3) is 0.538. The van der Waals surface area contributed by atoms with E-state index in [1.165, 1.54) is 0 Å². The van der Waals surface area contributed by atoms with Gasteiger partial charge in [-0.25, -0.2) is 0 Å². The largest absolute Gasteiger partial charge is 0.481 e. The van der Waals surface area contributed by atoms with Gasteiger partial charge in [0.05, 0.1) is 6.42 Å². The van der Waals surface area contributed by atoms with Crippen LogP contribution < -0.4 is 10.6 Å². The number of carboxylic acid groups (broad SMARTS) is 1. The van der Waals surface area contributed by atoms with Gasteiger partial charge in [0.1, 0.15) is 5.82 Å². The van der Waals surface area contributed by atoms with E-state index in [0.717, 1.165) is 12.8 Å². The molecule has 1 unspecified atom stereocenters. The highest BCUT2D eigenvalue weighted by Gasteiger charge is 2.32. The van der Waals surface area contributed by atoms with E-state index in [2.05, 4.69) is 20.8 Å². The van der Waals surface area contributed by atoms with Gasteiger partial charge in [0, 0.05) is 12.6 Å². The molecule has 0 aliphatic heterocycles. The van der Waals surface area contributed by atoms with Gasteiger partial charge in [0.15, 0.2) is 5.69 Å². The summed E-state index contributed by atoms with van der Waals surface area (Å²) in [7, 11) is 0. The van der Waals surface area contributed by atoms with Crippen LogP contribution >= 0.6 is 0 Å². The summed E-state index contributed by atoms with van der Waals surface area (Å²) in [6, 6.07) is 3.09. The van der Waals surface area contributed by atoms with Crippen LogP contribution in [0.1, 0.15) is 36.7 Å². The highest BCUT2D eigenvalue weighted by atomic mass is 16.4. The number of hydrogen-bond acceptors (Lipinski definition) is 5. The second-order valence-corrected chi connectivity index (χ2v) is 4.85. The lowest BCUT2D eigenvalue weighted by molar-refractivity contribution is -0.137. The number of amides is 1. The topological polar surface area (TPSA) is 104 Å². The zero-order valence-corrected chi connectivity index (χ0v) is 11.3. The van der Waals surface area contributed by atoms with E-state index in [1.807, 2.05) is 6.92 Å². The van der Waals surface area contributed by atoms with Crippen molar-refractivity contribution in [2.45, 2.75) is 32.2 Å². The molecule has 1 aromatic heterocycles. The van der Waals surface area contributed by atoms with Crippen molar-refractivity contribution >= 4 is 17.7 Å². The molecule has 3 N–H and O–H groups in total. The van der Waals surface area contributed by atoms with Gasteiger partial charge in [0.25, 0.3) is 5.91 Å². The molecule has 1 fully saturated rings. The number of nitrogens with zero attached hydrogens (tertiary/aromatic N) is 2. The van der Waals surface area contributed by atoms with Crippen molar-refractivity contribution in [1.29, 1.82) is 0 Å². The first-order valence-electron chi connectivity index (χ1n) is 6.70. The molecule has 1 atom stereocenters. The number of aliphatic carboxylic acids is 1. The predicted molar refractivity (Wildman–Crippen MR) is 72.4 cm³/mol. The standard InChI is InChI=1S/C13H18N4O3/c1-2-14-13(20)9-5-6-11(17-16-9)15-10(7-12(18)19)8-3-4-8/h5-6,8,10H,2-4,7H2,1H3,(H,14,20)(H,15,17)(H,18,19). The van der Waals surface area contributed by atoms with Crippen LogP contribution in [0.25, 0.3) is 0 Å². The molecule has 0 bridgehead atoms. The van der Waals surface area contributed by atoms with Crippen LogP contribution in [0.3, 0.4) is 0 Å². The Morgan fingerprint density at radius 1 is 1.40 bits per heavy atom. The normalized spacial score (nSPS) is 15.4. The van der Waals surface area contributed by atoms with Gasteiger partial charge in [0.2, 0.25) is 0 Å². The van der Waals surface area contributed by atoms with Crippen molar-refractivity contribution in [2.75, 3.05) is 11.9 Å². The molecule has 1 heterocycles. The van der Waals surface area contributed by atoms with Gasteiger partial charge in [-0.3, -0.25) is 9.59 Å². The average molecular weight is 278 g/mol. The monoisotopic (exact) mass is 278 g/mol. The van der Waals surface area contributed by atoms with Crippen LogP contribution in [0.15, 0.2) is 12.1 Å². The van der Waals surface area contributed by atoms with Crippen molar-refractivity contribution in [3.8, 4) is 0 Å². The van der Waals surface area contributed by atoms with Crippen LogP contribution in [0, 0.1) is 5.92 Å². The molecule has 7 nitrogen and oxygen atoms in total. The summed E-state index contributed by atoms with van der Waals surface area (Å²) in [6.45, 7) is 2.36. The molecule has 1 aliphatic rings. The lowest BCUT2D eigenvalue weighted by atomic mass is 10.1. The summed E-state index contributed by atoms with van der Waals surface area (Å²) < 4.78 is 0. The van der Waals surface area contributed by atoms with Crippen LogP contribution in [0.2, 0.25) is 0 Å². The molecule has 7 heteroatoms. The first-order valence-corrected chi connectivity index (χ1v) is 6.70. The van der Waals surface area contributed by atoms with Crippen molar-refractivity contribution in [3.63, 3.8) is 0 Å². The third kappa shape index (κ3) is 3.91. The maximum absolute atomic E-state index is 11.5. The van der Waals surface area contributed by atoms with E-state index >= 15 is 0 Å². The van der Waals surface area contributed by atoms with E-state index in [9.17, 15) is 9.59 Å². The Hall–Kier alpha value is -2.18. The molecule has 2 rings (SSSR count). The Kier molecular flexibility index (Phi) is 4.49. The Morgan fingerprint density at radius 2 is 2.15 bits per heavy atom. The van der Waals surface area contributed by atoms with Gasteiger partial charge < -0.3 is 15.7 Å². The number of hydrogen-bond donors (Lipinski definition) is 3. The predicted octanol–water partition coefficient (Wildman–Crippen LogP) is 0.891. The van der Waals surface area contributed by atoms with Crippen molar-refractivity contribution < 1.29 is 14.7 Å². The highest BCUT2D eigenvalue weighted by molar-refractivity contribution is 5.92. The van der Waals surface area contributed by atoms with Crippen molar-refractivity contribution in [1.82, 2.24) is 15.5 Å². The van der Waals surface area contributed by atoms with Crippen LogP contribution in [-0.2, 0) is 4.79 Å². The summed E-state index contributed by atoms with van der Waals surface area (Å²) in [5.41, 5.74) is 0.249. The Labute approximate surface area is 116 Å². The zero-order valence-electron chi connectivity index (χ0n) is 11.3. The van der Waals surface area contributed by atoms with E-state index < -0.39 is 5.97 Å². The number of rotatable bonds is 7. The molecule has 0 aromatic carbocycles. The summed E-state index contributed by atoms with van der Waals surface area (Å²) in [4.78, 5) is 22.3. The minimum absolute atomic E-state index is 0.0599. The smallest absolute Gasteiger partial charge is 0.305 e. The molecule has 1 saturated carbocycles. The summed E-state index contributed by atoms with van der Waals surface area (Å²) >= 11 is 0. The maximum Gasteiger partial charge on any atom is 0.305 e. The summed E-state index contributed by atoms with van der Waals surface area (Å²) in [6.07, 6.45) is 2.13. The van der Waals surface area contributed by atoms with E-state index in [1.54, 1.807) is 12.1 Å². The van der Waals surface area contributed by atoms with Crippen LogP contribution in [-0.4, -0.2) is 39.8 Å². The minimum Gasteiger partial charge on any atom is -0.481 e. The van der Waals surface area contributed by atoms with Gasteiger partial charge in [-0.2, -0.15) is 0 Å². The Bertz CT molecular complexity index is 485. The summed E-state index contributed by atoms with van der Waals surface area (Å²) in [5.74, 6) is -0.218. The maximum atomic E-state index is 11.5. The number of anilines is 1. The number of nitrogens with one attached hydrogen (secondary N) is 2. The third-order valence-corrected chi connectivity index (χ3v) is 3.15. The number of carbonyl (C=O) groups excluding carboxylic acids is 1. The van der Waals surface area contributed by atoms with Gasteiger partial charge >= 0.3 is 5.97 Å². The SMILES string of the molecule is CCNC(=O)c1ccc(NC(CC(=O)O)C2CC2)nn1. The second-order valence-electron chi connectivity index (χ2n) is 4.85. The second kappa shape index (κ2) is 6.31. The quantitative estimate of drug-likeness (QED) is 0.684. The Balaban J connectivity index is 1.98. The number of carbonyl (C=O) groups is 2. The molecule has 1 amide bonds. The minimum atomic E-state index is -0.832. The highest BCUT2D eigenvalue weighted by Crippen LogP contribution is 2.35. The molecule has 1 aliphatic carbocycles. The fourth-order valence-electron chi connectivity index (χ4n) is 1.99. The molecule has 0 saturated heterocycles. The lowest BCUT2D eigenvalue weighted by Gasteiger charge is -2.16. The average Bonchev–Trinajstić information content (AvgIpc) is 3.23. The first kappa shape index (κ1) is 14.2. The number of carboxylic acids is 1. The van der Waals surface area contributed by atoms with Crippen LogP contribution in [0.5, 0.6) is 0 Å². The molecular weight excluding hydrogens is 260 g/mol. The fourth-order valence-corrected chi connectivity index (χ4v) is 1.99. The molecule has 1 aromatic rings. The van der Waals surface area contributed by atoms with Gasteiger partial charge in [-0.1, -0.05) is 0 Å². The molecule has 0 spiro atoms. The lowest BCUT2D eigenvalue weighted by Crippen LogP contribution is -2.27. The van der Waals surface area contributed by atoms with Crippen molar-refractivity contribution in [3.05, 3.63) is 17.8 Å². The van der Waals surface area contributed by atoms with E-state index in [4.69, 9.17) is 5.11 Å². The number of aromatic nitrogens is 2.